The maximum atomic E-state index is 13.4. The molecule has 1 aliphatic carbocycles. The standard InChI is InChI=1S/C40H48N10O6/c1-24(2)50-31-21-33(44-32-8-11-41-40(45-32)49-12-9-26(55-3)10-13-49)42-22-30(31)43-34(50)23-56-19-18-47-14-16-48(17-15-47)25-4-5-27-29(20-25)38(53)36(37(27)52)28-6-7-35(51)46-39(28)54/h4-5,8,11,20-22,24,26,28,36H,6-7,9-10,12-19,23H2,1-3H3,(H,46,51,54)(H,41,42,44,45). The molecule has 4 aliphatic rings. The second kappa shape index (κ2) is 16.0. The van der Waals surface area contributed by atoms with E-state index in [1.54, 1.807) is 31.6 Å². The number of nitrogens with one attached hydrogen (secondary N) is 2. The second-order valence-electron chi connectivity index (χ2n) is 15.2. The van der Waals surface area contributed by atoms with Crippen molar-refractivity contribution in [2.45, 2.75) is 58.3 Å². The number of carbonyl (C=O) groups excluding carboxylic acids is 4. The molecule has 3 saturated heterocycles. The SMILES string of the molecule is COC1CCN(c2nccc(Nc3cc4c(cn3)nc(COCCN3CCN(c5ccc6c(c5)C(=O)C(C5CCC(=O)NC5=O)C6=O)CC3)n4C(C)C)n2)CC1. The maximum Gasteiger partial charge on any atom is 0.230 e. The molecule has 16 nitrogen and oxygen atoms in total. The van der Waals surface area contributed by atoms with Crippen LogP contribution in [-0.2, 0) is 25.7 Å². The fraction of sp³-hybridized carbons (Fsp3) is 0.500. The molecule has 1 aromatic carbocycles. The zero-order valence-electron chi connectivity index (χ0n) is 32.1. The smallest absolute Gasteiger partial charge is 0.230 e. The van der Waals surface area contributed by atoms with Crippen LogP contribution in [0.4, 0.5) is 23.3 Å². The summed E-state index contributed by atoms with van der Waals surface area (Å²) in [6.07, 6.45) is 6.06. The van der Waals surface area contributed by atoms with Gasteiger partial charge in [0, 0.05) is 94.5 Å². The summed E-state index contributed by atoms with van der Waals surface area (Å²) in [5, 5.41) is 5.64. The molecular formula is C40H48N10O6. The van der Waals surface area contributed by atoms with Crippen molar-refractivity contribution in [2.75, 3.05) is 74.6 Å². The van der Waals surface area contributed by atoms with Crippen molar-refractivity contribution in [3.8, 4) is 0 Å². The summed E-state index contributed by atoms with van der Waals surface area (Å²) in [6, 6.07) is 9.37. The summed E-state index contributed by atoms with van der Waals surface area (Å²) in [4.78, 5) is 76.2. The predicted octanol–water partition coefficient (Wildman–Crippen LogP) is 3.55. The first-order chi connectivity index (χ1) is 27.2. The van der Waals surface area contributed by atoms with Gasteiger partial charge in [-0.05, 0) is 57.4 Å². The van der Waals surface area contributed by atoms with E-state index >= 15 is 0 Å². The average Bonchev–Trinajstić information content (AvgIpc) is 3.69. The van der Waals surface area contributed by atoms with Crippen LogP contribution in [0.15, 0.2) is 42.7 Å². The highest BCUT2D eigenvalue weighted by Crippen LogP contribution is 2.37. The molecule has 6 heterocycles. The van der Waals surface area contributed by atoms with E-state index in [9.17, 15) is 19.2 Å². The fourth-order valence-corrected chi connectivity index (χ4v) is 8.37. The number of aromatic nitrogens is 5. The number of benzene rings is 1. The number of piperidine rings is 2. The van der Waals surface area contributed by atoms with E-state index in [1.807, 2.05) is 18.2 Å². The monoisotopic (exact) mass is 764 g/mol. The van der Waals surface area contributed by atoms with Crippen molar-refractivity contribution in [1.29, 1.82) is 0 Å². The molecule has 0 spiro atoms. The van der Waals surface area contributed by atoms with Crippen LogP contribution in [0.3, 0.4) is 0 Å². The predicted molar refractivity (Wildman–Crippen MR) is 208 cm³/mol. The van der Waals surface area contributed by atoms with Crippen LogP contribution in [0.1, 0.15) is 72.1 Å². The van der Waals surface area contributed by atoms with Crippen LogP contribution < -0.4 is 20.4 Å². The number of carbonyl (C=O) groups is 4. The van der Waals surface area contributed by atoms with Crippen molar-refractivity contribution in [3.63, 3.8) is 0 Å². The first kappa shape index (κ1) is 37.6. The number of hydrogen-bond acceptors (Lipinski definition) is 14. The number of nitrogens with zero attached hydrogens (tertiary/aromatic N) is 8. The number of ether oxygens (including phenoxy) is 2. The molecule has 3 aliphatic heterocycles. The molecule has 0 bridgehead atoms. The Kier molecular flexibility index (Phi) is 10.8. The quantitative estimate of drug-likeness (QED) is 0.122. The van der Waals surface area contributed by atoms with Crippen LogP contribution in [-0.4, -0.2) is 118 Å². The van der Waals surface area contributed by atoms with Gasteiger partial charge >= 0.3 is 0 Å². The van der Waals surface area contributed by atoms with Gasteiger partial charge in [-0.15, -0.1) is 0 Å². The third-order valence-corrected chi connectivity index (χ3v) is 11.4. The molecule has 2 amide bonds. The highest BCUT2D eigenvalue weighted by molar-refractivity contribution is 6.28. The highest BCUT2D eigenvalue weighted by Gasteiger charge is 2.47. The van der Waals surface area contributed by atoms with Gasteiger partial charge < -0.3 is 29.2 Å². The number of pyridine rings is 1. The van der Waals surface area contributed by atoms with Crippen LogP contribution in [0.2, 0.25) is 0 Å². The first-order valence-corrected chi connectivity index (χ1v) is 19.5. The normalized spacial score (nSPS) is 21.0. The van der Waals surface area contributed by atoms with Crippen LogP contribution in [0, 0.1) is 11.8 Å². The van der Waals surface area contributed by atoms with Gasteiger partial charge in [0.2, 0.25) is 17.8 Å². The van der Waals surface area contributed by atoms with Gasteiger partial charge in [0.05, 0.1) is 36.3 Å². The molecule has 3 aromatic heterocycles. The minimum atomic E-state index is -1.06. The number of ketones is 2. The zero-order valence-corrected chi connectivity index (χ0v) is 32.1. The van der Waals surface area contributed by atoms with Gasteiger partial charge in [0.15, 0.2) is 11.6 Å². The number of fused-ring (bicyclic) bond motifs is 2. The lowest BCUT2D eigenvalue weighted by molar-refractivity contribution is -0.137. The highest BCUT2D eigenvalue weighted by atomic mass is 16.5. The largest absolute Gasteiger partial charge is 0.381 e. The average molecular weight is 765 g/mol. The van der Waals surface area contributed by atoms with E-state index in [4.69, 9.17) is 19.4 Å². The molecule has 56 heavy (non-hydrogen) atoms. The Bertz CT molecular complexity index is 2140. The summed E-state index contributed by atoms with van der Waals surface area (Å²) in [5.74, 6) is -0.569. The zero-order chi connectivity index (χ0) is 38.9. The Morgan fingerprint density at radius 2 is 1.66 bits per heavy atom. The van der Waals surface area contributed by atoms with Crippen molar-refractivity contribution in [2.24, 2.45) is 11.8 Å². The lowest BCUT2D eigenvalue weighted by Crippen LogP contribution is -2.47. The maximum absolute atomic E-state index is 13.4. The number of methoxy groups -OCH3 is 1. The van der Waals surface area contributed by atoms with Crippen molar-refractivity contribution in [3.05, 3.63) is 59.7 Å². The molecule has 3 fully saturated rings. The Morgan fingerprint density at radius 3 is 2.41 bits per heavy atom. The summed E-state index contributed by atoms with van der Waals surface area (Å²) >= 11 is 0. The number of hydrogen-bond donors (Lipinski definition) is 2. The molecule has 16 heteroatoms. The van der Waals surface area contributed by atoms with Crippen LogP contribution >= 0.6 is 0 Å². The summed E-state index contributed by atoms with van der Waals surface area (Å²) in [5.41, 5.74) is 3.36. The van der Waals surface area contributed by atoms with Gasteiger partial charge in [0.1, 0.15) is 29.6 Å². The number of imidazole rings is 1. The van der Waals surface area contributed by atoms with Gasteiger partial charge in [0.25, 0.3) is 0 Å². The van der Waals surface area contributed by atoms with Gasteiger partial charge in [-0.3, -0.25) is 29.4 Å². The topological polar surface area (TPSA) is 177 Å². The first-order valence-electron chi connectivity index (χ1n) is 19.5. The number of piperazine rings is 1. The van der Waals surface area contributed by atoms with E-state index < -0.39 is 17.7 Å². The third kappa shape index (κ3) is 7.60. The number of anilines is 4. The Hall–Kier alpha value is -5.32. The third-order valence-electron chi connectivity index (χ3n) is 11.4. The summed E-state index contributed by atoms with van der Waals surface area (Å²) in [6.45, 7) is 10.8. The molecule has 2 atom stereocenters. The summed E-state index contributed by atoms with van der Waals surface area (Å²) in [7, 11) is 1.76. The molecule has 0 saturated carbocycles. The van der Waals surface area contributed by atoms with Gasteiger partial charge in [-0.1, -0.05) is 0 Å². The molecule has 2 N–H and O–H groups in total. The number of imide groups is 1. The second-order valence-corrected chi connectivity index (χ2v) is 15.2. The van der Waals surface area contributed by atoms with E-state index in [-0.39, 0.29) is 42.5 Å². The lowest BCUT2D eigenvalue weighted by atomic mass is 9.82. The minimum Gasteiger partial charge on any atom is -0.381 e. The number of Topliss-reactive ketones (excluding diaryl/α,β-unsaturated/α-hetero) is 2. The van der Waals surface area contributed by atoms with Gasteiger partial charge in [-0.25, -0.2) is 15.0 Å². The Morgan fingerprint density at radius 1 is 0.875 bits per heavy atom. The Labute approximate surface area is 325 Å². The van der Waals surface area contributed by atoms with E-state index in [0.717, 1.165) is 81.2 Å². The van der Waals surface area contributed by atoms with Crippen LogP contribution in [0.5, 0.6) is 0 Å². The number of amides is 2. The van der Waals surface area contributed by atoms with Crippen LogP contribution in [0.25, 0.3) is 11.0 Å². The van der Waals surface area contributed by atoms with Crippen molar-refractivity contribution < 1.29 is 28.7 Å². The molecule has 0 radical (unpaired) electrons. The fourth-order valence-electron chi connectivity index (χ4n) is 8.37. The lowest BCUT2D eigenvalue weighted by Gasteiger charge is -2.36. The molecule has 2 unspecified atom stereocenters. The summed E-state index contributed by atoms with van der Waals surface area (Å²) < 4.78 is 13.9. The van der Waals surface area contributed by atoms with Crippen molar-refractivity contribution in [1.82, 2.24) is 34.7 Å². The molecule has 4 aromatic rings. The molecule has 294 valence electrons. The minimum absolute atomic E-state index is 0.129. The van der Waals surface area contributed by atoms with E-state index in [0.29, 0.717) is 41.9 Å². The molecule has 8 rings (SSSR count). The number of rotatable bonds is 12. The van der Waals surface area contributed by atoms with E-state index in [1.165, 1.54) is 0 Å². The van der Waals surface area contributed by atoms with E-state index in [2.05, 4.69) is 53.7 Å². The molecular weight excluding hydrogens is 717 g/mol. The van der Waals surface area contributed by atoms with Crippen molar-refractivity contribution >= 4 is 57.7 Å². The van der Waals surface area contributed by atoms with Gasteiger partial charge in [-0.2, -0.15) is 4.98 Å². The Balaban J connectivity index is 0.836.